The fourth-order valence-corrected chi connectivity index (χ4v) is 1.64. The molecular formula is C7H13NNaO4S. The van der Waals surface area contributed by atoms with Gasteiger partial charge in [0.25, 0.3) is 10.1 Å². The number of ketones is 1. The molecule has 0 aliphatic rings. The molecule has 0 spiro atoms. The zero-order chi connectivity index (χ0) is 10.9. The van der Waals surface area contributed by atoms with E-state index in [-0.39, 0.29) is 29.6 Å². The smallest absolute Gasteiger partial charge is 0.281 e. The summed E-state index contributed by atoms with van der Waals surface area (Å²) in [6.45, 7) is 5.87. The fraction of sp³-hybridized carbons (Fsp3) is 0.571. The maximum Gasteiger partial charge on any atom is 0.281 e. The number of rotatable bonds is 4. The van der Waals surface area contributed by atoms with E-state index in [9.17, 15) is 13.2 Å². The molecule has 1 unspecified atom stereocenters. The first-order chi connectivity index (χ1) is 5.64. The molecule has 0 saturated carbocycles. The van der Waals surface area contributed by atoms with Crippen molar-refractivity contribution in [2.75, 3.05) is 0 Å². The molecule has 0 saturated heterocycles. The van der Waals surface area contributed by atoms with Crippen molar-refractivity contribution in [3.63, 3.8) is 0 Å². The molecule has 7 heteroatoms. The molecule has 0 aromatic rings. The molecule has 0 bridgehead atoms. The molecule has 3 N–H and O–H groups in total. The average molecular weight is 230 g/mol. The normalized spacial score (nSPS) is 14.0. The van der Waals surface area contributed by atoms with Gasteiger partial charge in [0.2, 0.25) is 0 Å². The SMILES string of the molecule is C=CC(=O)C(C)(C)C(N)S(=O)(=O)O.[Na]. The van der Waals surface area contributed by atoms with E-state index in [1.807, 2.05) is 0 Å². The van der Waals surface area contributed by atoms with Gasteiger partial charge in [-0.3, -0.25) is 9.35 Å². The maximum absolute atomic E-state index is 11.1. The van der Waals surface area contributed by atoms with Gasteiger partial charge in [-0.2, -0.15) is 8.42 Å². The molecule has 77 valence electrons. The molecule has 0 aliphatic carbocycles. The molecule has 1 radical (unpaired) electrons. The average Bonchev–Trinajstić information content (AvgIpc) is 1.99. The van der Waals surface area contributed by atoms with E-state index in [2.05, 4.69) is 6.58 Å². The van der Waals surface area contributed by atoms with E-state index in [1.165, 1.54) is 13.8 Å². The summed E-state index contributed by atoms with van der Waals surface area (Å²) in [5.74, 6) is -0.530. The summed E-state index contributed by atoms with van der Waals surface area (Å²) in [5.41, 5.74) is 3.83. The molecule has 0 heterocycles. The second kappa shape index (κ2) is 5.39. The third-order valence-corrected chi connectivity index (χ3v) is 3.08. The van der Waals surface area contributed by atoms with Crippen molar-refractivity contribution in [2.45, 2.75) is 19.2 Å². The number of carbonyl (C=O) groups is 1. The monoisotopic (exact) mass is 230 g/mol. The Labute approximate surface area is 106 Å². The molecule has 1 atom stereocenters. The van der Waals surface area contributed by atoms with Gasteiger partial charge in [-0.15, -0.1) is 0 Å². The third-order valence-electron chi connectivity index (χ3n) is 1.85. The van der Waals surface area contributed by atoms with E-state index in [1.54, 1.807) is 0 Å². The number of hydrogen-bond acceptors (Lipinski definition) is 4. The van der Waals surface area contributed by atoms with Crippen LogP contribution in [-0.2, 0) is 14.9 Å². The Morgan fingerprint density at radius 2 is 1.93 bits per heavy atom. The van der Waals surface area contributed by atoms with Crippen LogP contribution in [0, 0.1) is 5.41 Å². The minimum Gasteiger partial charge on any atom is -0.312 e. The second-order valence-corrected chi connectivity index (χ2v) is 4.76. The summed E-state index contributed by atoms with van der Waals surface area (Å²) < 4.78 is 29.9. The minimum absolute atomic E-state index is 0. The Kier molecular flexibility index (Phi) is 6.43. The van der Waals surface area contributed by atoms with Crippen LogP contribution >= 0.6 is 0 Å². The first-order valence-corrected chi connectivity index (χ1v) is 5.03. The van der Waals surface area contributed by atoms with Gasteiger partial charge in [0, 0.05) is 29.6 Å². The zero-order valence-corrected chi connectivity index (χ0v) is 11.3. The Balaban J connectivity index is 0. The summed E-state index contributed by atoms with van der Waals surface area (Å²) in [6.07, 6.45) is 0.977. The van der Waals surface area contributed by atoms with Gasteiger partial charge in [-0.25, -0.2) is 0 Å². The first-order valence-electron chi connectivity index (χ1n) is 3.52. The first kappa shape index (κ1) is 16.7. The topological polar surface area (TPSA) is 97.5 Å². The number of carbonyl (C=O) groups excluding carboxylic acids is 1. The molecule has 14 heavy (non-hydrogen) atoms. The Morgan fingerprint density at radius 1 is 1.57 bits per heavy atom. The summed E-state index contributed by atoms with van der Waals surface area (Å²) >= 11 is 0. The molecule has 0 amide bonds. The van der Waals surface area contributed by atoms with Crippen LogP contribution in [0.4, 0.5) is 0 Å². The van der Waals surface area contributed by atoms with Crippen molar-refractivity contribution in [2.24, 2.45) is 11.1 Å². The van der Waals surface area contributed by atoms with Crippen LogP contribution in [0.5, 0.6) is 0 Å². The van der Waals surface area contributed by atoms with Crippen LogP contribution in [-0.4, -0.2) is 53.7 Å². The third kappa shape index (κ3) is 3.80. The molecule has 0 aliphatic heterocycles. The molecule has 5 nitrogen and oxygen atoms in total. The van der Waals surface area contributed by atoms with E-state index in [4.69, 9.17) is 10.3 Å². The van der Waals surface area contributed by atoms with Crippen LogP contribution < -0.4 is 5.73 Å². The fourth-order valence-electron chi connectivity index (χ4n) is 0.776. The van der Waals surface area contributed by atoms with E-state index in [0.29, 0.717) is 0 Å². The molecular weight excluding hydrogens is 217 g/mol. The van der Waals surface area contributed by atoms with Gasteiger partial charge in [-0.1, -0.05) is 6.58 Å². The van der Waals surface area contributed by atoms with Crippen molar-refractivity contribution in [1.82, 2.24) is 0 Å². The largest absolute Gasteiger partial charge is 0.312 e. The number of hydrogen-bond donors (Lipinski definition) is 2. The molecule has 0 rings (SSSR count). The molecule has 0 aromatic carbocycles. The van der Waals surface area contributed by atoms with Crippen LogP contribution in [0.3, 0.4) is 0 Å². The van der Waals surface area contributed by atoms with E-state index < -0.39 is 26.7 Å². The van der Waals surface area contributed by atoms with Crippen LogP contribution in [0.25, 0.3) is 0 Å². The predicted octanol–water partition coefficient (Wildman–Crippen LogP) is -0.440. The van der Waals surface area contributed by atoms with Gasteiger partial charge >= 0.3 is 0 Å². The van der Waals surface area contributed by atoms with E-state index in [0.717, 1.165) is 6.08 Å². The van der Waals surface area contributed by atoms with Crippen LogP contribution in [0.1, 0.15) is 13.8 Å². The standard InChI is InChI=1S/C7H13NO4S.Na/c1-4-5(9)7(2,3)6(8)13(10,11)12;/h4,6H,1,8H2,2-3H3,(H,10,11,12);. The van der Waals surface area contributed by atoms with Gasteiger partial charge < -0.3 is 5.73 Å². The van der Waals surface area contributed by atoms with E-state index >= 15 is 0 Å². The van der Waals surface area contributed by atoms with Crippen molar-refractivity contribution in [3.8, 4) is 0 Å². The quantitative estimate of drug-likeness (QED) is 0.387. The summed E-state index contributed by atoms with van der Waals surface area (Å²) in [6, 6.07) is 0. The summed E-state index contributed by atoms with van der Waals surface area (Å²) in [5, 5.41) is -1.63. The summed E-state index contributed by atoms with van der Waals surface area (Å²) in [4.78, 5) is 11.1. The Morgan fingerprint density at radius 3 is 2.14 bits per heavy atom. The Hall–Kier alpha value is 0.280. The maximum atomic E-state index is 11.1. The predicted molar refractivity (Wildman–Crippen MR) is 54.3 cm³/mol. The molecule has 0 fully saturated rings. The zero-order valence-electron chi connectivity index (χ0n) is 8.52. The van der Waals surface area contributed by atoms with Gasteiger partial charge in [0.15, 0.2) is 5.78 Å². The van der Waals surface area contributed by atoms with Crippen molar-refractivity contribution in [1.29, 1.82) is 0 Å². The van der Waals surface area contributed by atoms with Gasteiger partial charge in [-0.05, 0) is 19.9 Å². The number of nitrogens with two attached hydrogens (primary N) is 1. The minimum atomic E-state index is -4.41. The van der Waals surface area contributed by atoms with Crippen LogP contribution in [0.15, 0.2) is 12.7 Å². The molecule has 0 aromatic heterocycles. The van der Waals surface area contributed by atoms with Crippen molar-refractivity contribution < 1.29 is 17.8 Å². The van der Waals surface area contributed by atoms with Crippen molar-refractivity contribution in [3.05, 3.63) is 12.7 Å². The second-order valence-electron chi connectivity index (χ2n) is 3.23. The Bertz CT molecular complexity index is 323. The van der Waals surface area contributed by atoms with Gasteiger partial charge in [0.1, 0.15) is 5.37 Å². The number of allylic oxidation sites excluding steroid dienone is 1. The van der Waals surface area contributed by atoms with Crippen LogP contribution in [0.2, 0.25) is 0 Å². The summed E-state index contributed by atoms with van der Waals surface area (Å²) in [7, 11) is -4.41. The van der Waals surface area contributed by atoms with Gasteiger partial charge in [0.05, 0.1) is 5.41 Å². The van der Waals surface area contributed by atoms with Crippen molar-refractivity contribution >= 4 is 45.5 Å².